The van der Waals surface area contributed by atoms with Crippen LogP contribution in [0.25, 0.3) is 11.3 Å². The number of ether oxygens (including phenoxy) is 2. The Bertz CT molecular complexity index is 1010. The van der Waals surface area contributed by atoms with Crippen LogP contribution >= 0.6 is 0 Å². The molecule has 2 aliphatic rings. The third-order valence-corrected chi connectivity index (χ3v) is 5.39. The zero-order valence-electron chi connectivity index (χ0n) is 15.4. The van der Waals surface area contributed by atoms with Crippen LogP contribution in [-0.4, -0.2) is 52.1 Å². The van der Waals surface area contributed by atoms with Gasteiger partial charge in [0.2, 0.25) is 0 Å². The molecular weight excluding hydrogens is 360 g/mol. The van der Waals surface area contributed by atoms with Gasteiger partial charge >= 0.3 is 0 Å². The largest absolute Gasteiger partial charge is 0.497 e. The van der Waals surface area contributed by atoms with E-state index in [2.05, 4.69) is 10.3 Å². The number of fused-ring (bicyclic) bond motifs is 3. The molecule has 0 radical (unpaired) electrons. The Hall–Kier alpha value is -3.13. The van der Waals surface area contributed by atoms with Crippen LogP contribution in [0.5, 0.6) is 5.75 Å². The number of hydrogen-bond donors (Lipinski definition) is 0. The monoisotopic (exact) mass is 380 g/mol. The van der Waals surface area contributed by atoms with E-state index in [4.69, 9.17) is 13.9 Å². The molecule has 2 atom stereocenters. The first-order valence-electron chi connectivity index (χ1n) is 9.27. The molecule has 2 aromatic heterocycles. The fourth-order valence-corrected chi connectivity index (χ4v) is 3.90. The van der Waals surface area contributed by atoms with E-state index in [9.17, 15) is 4.79 Å². The molecule has 0 bridgehead atoms. The van der Waals surface area contributed by atoms with Crippen molar-refractivity contribution in [3.8, 4) is 17.1 Å². The van der Waals surface area contributed by atoms with Crippen LogP contribution in [0.1, 0.15) is 28.7 Å². The Morgan fingerprint density at radius 3 is 3.11 bits per heavy atom. The first-order chi connectivity index (χ1) is 13.7. The summed E-state index contributed by atoms with van der Waals surface area (Å²) in [6.07, 6.45) is 2.53. The zero-order valence-corrected chi connectivity index (χ0v) is 15.4. The Balaban J connectivity index is 1.36. The minimum Gasteiger partial charge on any atom is -0.497 e. The van der Waals surface area contributed by atoms with E-state index < -0.39 is 0 Å². The number of rotatable bonds is 3. The number of carbonyl (C=O) groups is 1. The van der Waals surface area contributed by atoms with Crippen molar-refractivity contribution in [3.05, 3.63) is 54.0 Å². The predicted octanol–water partition coefficient (Wildman–Crippen LogP) is 2.53. The standard InChI is InChI=1S/C20H20N4O4/c1-26-15-4-2-3-13(9-15)17-5-6-19(28-17)20(25)23-8-7-18-16(11-23)24-14(12-27-18)10-21-22-24/h2-6,9-10,16,18H,7-8,11-12H2,1H3. The SMILES string of the molecule is COc1cccc(-c2ccc(C(=O)N3CCC4OCc5cnnn5C4C3)o2)c1. The van der Waals surface area contributed by atoms with Crippen molar-refractivity contribution in [1.82, 2.24) is 19.9 Å². The number of likely N-dealkylation sites (tertiary alicyclic amines) is 1. The number of methoxy groups -OCH3 is 1. The summed E-state index contributed by atoms with van der Waals surface area (Å²) < 4.78 is 18.9. The minimum absolute atomic E-state index is 0.0169. The maximum atomic E-state index is 13.0. The van der Waals surface area contributed by atoms with Crippen molar-refractivity contribution in [2.45, 2.75) is 25.2 Å². The summed E-state index contributed by atoms with van der Waals surface area (Å²) in [5.41, 5.74) is 1.80. The average Bonchev–Trinajstić information content (AvgIpc) is 3.42. The van der Waals surface area contributed by atoms with Crippen LogP contribution in [0.4, 0.5) is 0 Å². The molecule has 0 saturated carbocycles. The van der Waals surface area contributed by atoms with Crippen LogP contribution in [0, 0.1) is 0 Å². The second-order valence-electron chi connectivity index (χ2n) is 7.02. The summed E-state index contributed by atoms with van der Waals surface area (Å²) in [4.78, 5) is 14.8. The van der Waals surface area contributed by atoms with Gasteiger partial charge in [-0.1, -0.05) is 17.3 Å². The predicted molar refractivity (Wildman–Crippen MR) is 98.9 cm³/mol. The number of nitrogens with zero attached hydrogens (tertiary/aromatic N) is 4. The highest BCUT2D eigenvalue weighted by atomic mass is 16.5. The molecule has 2 unspecified atom stereocenters. The first kappa shape index (κ1) is 17.0. The highest BCUT2D eigenvalue weighted by Gasteiger charge is 2.38. The Morgan fingerprint density at radius 2 is 2.21 bits per heavy atom. The molecular formula is C20H20N4O4. The van der Waals surface area contributed by atoms with E-state index in [-0.39, 0.29) is 18.1 Å². The molecule has 1 aromatic carbocycles. The topological polar surface area (TPSA) is 82.6 Å². The summed E-state index contributed by atoms with van der Waals surface area (Å²) in [5, 5.41) is 8.16. The third kappa shape index (κ3) is 2.86. The first-order valence-corrected chi connectivity index (χ1v) is 9.27. The molecule has 2 aliphatic heterocycles. The molecule has 28 heavy (non-hydrogen) atoms. The molecule has 1 amide bonds. The van der Waals surface area contributed by atoms with E-state index in [0.717, 1.165) is 23.4 Å². The van der Waals surface area contributed by atoms with Crippen LogP contribution in [-0.2, 0) is 11.3 Å². The lowest BCUT2D eigenvalue weighted by molar-refractivity contribution is -0.0608. The quantitative estimate of drug-likeness (QED) is 0.694. The van der Waals surface area contributed by atoms with Gasteiger partial charge in [-0.15, -0.1) is 5.10 Å². The second-order valence-corrected chi connectivity index (χ2v) is 7.02. The Morgan fingerprint density at radius 1 is 1.29 bits per heavy atom. The molecule has 5 rings (SSSR count). The van der Waals surface area contributed by atoms with Gasteiger partial charge in [-0.25, -0.2) is 4.68 Å². The molecule has 144 valence electrons. The normalized spacial score (nSPS) is 21.1. The maximum absolute atomic E-state index is 13.0. The fraction of sp³-hybridized carbons (Fsp3) is 0.350. The fourth-order valence-electron chi connectivity index (χ4n) is 3.90. The molecule has 8 heteroatoms. The summed E-state index contributed by atoms with van der Waals surface area (Å²) in [5.74, 6) is 1.58. The molecule has 8 nitrogen and oxygen atoms in total. The second kappa shape index (κ2) is 6.79. The van der Waals surface area contributed by atoms with Gasteiger partial charge in [-0.2, -0.15) is 0 Å². The molecule has 1 fully saturated rings. The molecule has 0 spiro atoms. The van der Waals surface area contributed by atoms with E-state index in [1.54, 1.807) is 24.3 Å². The van der Waals surface area contributed by atoms with E-state index >= 15 is 0 Å². The highest BCUT2D eigenvalue weighted by molar-refractivity contribution is 5.92. The number of amides is 1. The van der Waals surface area contributed by atoms with Crippen LogP contribution in [0.15, 0.2) is 47.0 Å². The van der Waals surface area contributed by atoms with Gasteiger partial charge < -0.3 is 18.8 Å². The van der Waals surface area contributed by atoms with E-state index in [1.165, 1.54) is 0 Å². The third-order valence-electron chi connectivity index (χ3n) is 5.39. The number of carbonyl (C=O) groups excluding carboxylic acids is 1. The molecule has 1 saturated heterocycles. The summed E-state index contributed by atoms with van der Waals surface area (Å²) in [7, 11) is 1.62. The van der Waals surface area contributed by atoms with Gasteiger partial charge in [0.15, 0.2) is 5.76 Å². The highest BCUT2D eigenvalue weighted by Crippen LogP contribution is 2.31. The van der Waals surface area contributed by atoms with Crippen LogP contribution in [0.2, 0.25) is 0 Å². The summed E-state index contributed by atoms with van der Waals surface area (Å²) in [6.45, 7) is 1.67. The maximum Gasteiger partial charge on any atom is 0.289 e. The van der Waals surface area contributed by atoms with Crippen molar-refractivity contribution in [2.75, 3.05) is 20.2 Å². The number of benzene rings is 1. The average molecular weight is 380 g/mol. The number of furan rings is 1. The van der Waals surface area contributed by atoms with Crippen LogP contribution < -0.4 is 4.74 Å². The number of aromatic nitrogens is 3. The van der Waals surface area contributed by atoms with Crippen molar-refractivity contribution in [1.29, 1.82) is 0 Å². The van der Waals surface area contributed by atoms with Gasteiger partial charge in [0.05, 0.1) is 37.8 Å². The van der Waals surface area contributed by atoms with Gasteiger partial charge in [-0.3, -0.25) is 4.79 Å². The number of piperidine rings is 1. The van der Waals surface area contributed by atoms with Crippen molar-refractivity contribution in [3.63, 3.8) is 0 Å². The number of hydrogen-bond acceptors (Lipinski definition) is 6. The lowest BCUT2D eigenvalue weighted by Crippen LogP contribution is -2.49. The molecule has 3 aromatic rings. The van der Waals surface area contributed by atoms with Crippen molar-refractivity contribution in [2.24, 2.45) is 0 Å². The Labute approximate surface area is 161 Å². The van der Waals surface area contributed by atoms with Gasteiger partial charge in [-0.05, 0) is 30.7 Å². The van der Waals surface area contributed by atoms with Gasteiger partial charge in [0.25, 0.3) is 5.91 Å². The van der Waals surface area contributed by atoms with Crippen LogP contribution in [0.3, 0.4) is 0 Å². The molecule has 4 heterocycles. The van der Waals surface area contributed by atoms with Gasteiger partial charge in [0, 0.05) is 18.7 Å². The minimum atomic E-state index is -0.125. The van der Waals surface area contributed by atoms with E-state index in [0.29, 0.717) is 31.2 Å². The smallest absolute Gasteiger partial charge is 0.289 e. The van der Waals surface area contributed by atoms with Gasteiger partial charge in [0.1, 0.15) is 11.5 Å². The summed E-state index contributed by atoms with van der Waals surface area (Å²) in [6, 6.07) is 11.1. The Kier molecular flexibility index (Phi) is 4.12. The van der Waals surface area contributed by atoms with E-state index in [1.807, 2.05) is 35.0 Å². The zero-order chi connectivity index (χ0) is 19.1. The molecule has 0 N–H and O–H groups in total. The molecule has 0 aliphatic carbocycles. The lowest BCUT2D eigenvalue weighted by atomic mass is 10.00. The van der Waals surface area contributed by atoms with Crippen molar-refractivity contribution < 1.29 is 18.7 Å². The summed E-state index contributed by atoms with van der Waals surface area (Å²) >= 11 is 0. The lowest BCUT2D eigenvalue weighted by Gasteiger charge is -2.40. The van der Waals surface area contributed by atoms with Crippen molar-refractivity contribution >= 4 is 5.91 Å².